The molecule has 25 heavy (non-hydrogen) atoms. The molecule has 3 rings (SSSR count). The van der Waals surface area contributed by atoms with Crippen molar-refractivity contribution in [1.29, 1.82) is 5.41 Å². The van der Waals surface area contributed by atoms with Crippen LogP contribution in [0.1, 0.15) is 29.3 Å². The Kier molecular flexibility index (Phi) is 5.08. The summed E-state index contributed by atoms with van der Waals surface area (Å²) in [6.45, 7) is 4.78. The fraction of sp³-hybridized carbons (Fsp3) is 0.474. The van der Waals surface area contributed by atoms with Crippen LogP contribution in [0.3, 0.4) is 0 Å². The van der Waals surface area contributed by atoms with E-state index in [2.05, 4.69) is 11.0 Å². The molecule has 1 aliphatic carbocycles. The zero-order chi connectivity index (χ0) is 18.0. The van der Waals surface area contributed by atoms with Crippen LogP contribution in [0.15, 0.2) is 23.9 Å². The molecule has 0 bridgehead atoms. The van der Waals surface area contributed by atoms with E-state index < -0.39 is 0 Å². The lowest BCUT2D eigenvalue weighted by Gasteiger charge is -2.30. The molecule has 2 aliphatic rings. The molecule has 0 radical (unpaired) electrons. The number of ketones is 1. The third-order valence-electron chi connectivity index (χ3n) is 4.73. The Morgan fingerprint density at radius 2 is 2.16 bits per heavy atom. The highest BCUT2D eigenvalue weighted by molar-refractivity contribution is 6.06. The molecular weight excluding hydrogens is 318 g/mol. The van der Waals surface area contributed by atoms with Gasteiger partial charge in [0.2, 0.25) is 0 Å². The maximum atomic E-state index is 12.7. The van der Waals surface area contributed by atoms with Crippen molar-refractivity contribution >= 4 is 17.2 Å². The zero-order valence-electron chi connectivity index (χ0n) is 14.8. The number of benzene rings is 1. The van der Waals surface area contributed by atoms with Crippen LogP contribution in [0.4, 0.5) is 5.69 Å². The topological polar surface area (TPSA) is 88.6 Å². The summed E-state index contributed by atoms with van der Waals surface area (Å²) < 4.78 is 11.0. The van der Waals surface area contributed by atoms with Crippen molar-refractivity contribution in [3.8, 4) is 5.75 Å². The second-order valence-corrected chi connectivity index (χ2v) is 6.66. The number of nitrogens with two attached hydrogens (primary N) is 1. The van der Waals surface area contributed by atoms with E-state index in [1.165, 1.54) is 0 Å². The van der Waals surface area contributed by atoms with Gasteiger partial charge in [0.25, 0.3) is 0 Å². The van der Waals surface area contributed by atoms with Crippen LogP contribution >= 0.6 is 0 Å². The first kappa shape index (κ1) is 17.5. The van der Waals surface area contributed by atoms with Crippen molar-refractivity contribution in [2.75, 3.05) is 38.3 Å². The van der Waals surface area contributed by atoms with Crippen LogP contribution in [-0.2, 0) is 11.2 Å². The molecule has 1 fully saturated rings. The second-order valence-electron chi connectivity index (χ2n) is 6.66. The Morgan fingerprint density at radius 3 is 2.80 bits per heavy atom. The van der Waals surface area contributed by atoms with Gasteiger partial charge in [0.05, 0.1) is 26.0 Å². The standard InChI is InChI=1S/C19H25N3O3/c1-12(20)7-15(21)9-14-8-13-10-17(22-3-5-25-6-4-22)18(24-2)11-16(13)19(14)23/h7,10-11,14,21H,3-6,8-9,20H2,1-2H3. The molecule has 6 heteroatoms. The molecule has 1 aromatic rings. The number of rotatable bonds is 5. The molecule has 0 amide bonds. The highest BCUT2D eigenvalue weighted by Crippen LogP contribution is 2.38. The summed E-state index contributed by atoms with van der Waals surface area (Å²) in [5.41, 5.74) is 9.39. The zero-order valence-corrected chi connectivity index (χ0v) is 14.8. The van der Waals surface area contributed by atoms with Gasteiger partial charge in [0.15, 0.2) is 5.78 Å². The third kappa shape index (κ3) is 3.69. The van der Waals surface area contributed by atoms with Gasteiger partial charge in [-0.1, -0.05) is 0 Å². The van der Waals surface area contributed by atoms with Gasteiger partial charge in [-0.05, 0) is 43.5 Å². The minimum Gasteiger partial charge on any atom is -0.495 e. The number of nitrogens with zero attached hydrogens (tertiary/aromatic N) is 1. The van der Waals surface area contributed by atoms with Crippen LogP contribution in [0.5, 0.6) is 5.75 Å². The van der Waals surface area contributed by atoms with Crippen LogP contribution < -0.4 is 15.4 Å². The largest absolute Gasteiger partial charge is 0.495 e. The molecular formula is C19H25N3O3. The molecule has 1 aromatic carbocycles. The normalized spacial score (nSPS) is 20.6. The Morgan fingerprint density at radius 1 is 1.44 bits per heavy atom. The van der Waals surface area contributed by atoms with Crippen molar-refractivity contribution in [1.82, 2.24) is 0 Å². The summed E-state index contributed by atoms with van der Waals surface area (Å²) in [6.07, 6.45) is 2.70. The molecule has 0 spiro atoms. The van der Waals surface area contributed by atoms with Gasteiger partial charge in [-0.3, -0.25) is 4.79 Å². The second kappa shape index (κ2) is 7.27. The minimum atomic E-state index is -0.192. The number of hydrogen-bond donors (Lipinski definition) is 2. The lowest BCUT2D eigenvalue weighted by Crippen LogP contribution is -2.36. The number of Topliss-reactive ketones (excluding diaryl/α,β-unsaturated/α-hetero) is 1. The van der Waals surface area contributed by atoms with Crippen molar-refractivity contribution in [3.63, 3.8) is 0 Å². The van der Waals surface area contributed by atoms with E-state index in [0.717, 1.165) is 35.7 Å². The molecule has 1 atom stereocenters. The average molecular weight is 343 g/mol. The lowest BCUT2D eigenvalue weighted by molar-refractivity contribution is 0.0940. The fourth-order valence-corrected chi connectivity index (χ4v) is 3.57. The molecule has 3 N–H and O–H groups in total. The number of morpholine rings is 1. The quantitative estimate of drug-likeness (QED) is 0.800. The number of allylic oxidation sites excluding steroid dienone is 2. The predicted octanol–water partition coefficient (Wildman–Crippen LogP) is 2.16. The SMILES string of the molecule is COc1cc2c(cc1N1CCOCC1)CC(CC(=N)C=C(C)N)C2=O. The van der Waals surface area contributed by atoms with E-state index in [0.29, 0.717) is 37.5 Å². The summed E-state index contributed by atoms with van der Waals surface area (Å²) in [6, 6.07) is 3.93. The lowest BCUT2D eigenvalue weighted by atomic mass is 9.97. The Bertz CT molecular complexity index is 717. The predicted molar refractivity (Wildman–Crippen MR) is 97.8 cm³/mol. The number of carbonyl (C=O) groups excluding carboxylic acids is 1. The van der Waals surface area contributed by atoms with E-state index in [9.17, 15) is 4.79 Å². The summed E-state index contributed by atoms with van der Waals surface area (Å²) in [7, 11) is 1.63. The van der Waals surface area contributed by atoms with E-state index >= 15 is 0 Å². The number of carbonyl (C=O) groups is 1. The third-order valence-corrected chi connectivity index (χ3v) is 4.73. The smallest absolute Gasteiger partial charge is 0.167 e. The molecule has 1 saturated heterocycles. The number of methoxy groups -OCH3 is 1. The van der Waals surface area contributed by atoms with Crippen LogP contribution in [0, 0.1) is 11.3 Å². The first-order chi connectivity index (χ1) is 12.0. The minimum absolute atomic E-state index is 0.0923. The van der Waals surface area contributed by atoms with Crippen molar-refractivity contribution in [3.05, 3.63) is 35.0 Å². The first-order valence-corrected chi connectivity index (χ1v) is 8.58. The number of ether oxygens (including phenoxy) is 2. The molecule has 0 aromatic heterocycles. The number of nitrogens with one attached hydrogen (secondary N) is 1. The van der Waals surface area contributed by atoms with Crippen molar-refractivity contribution in [2.45, 2.75) is 19.8 Å². The van der Waals surface area contributed by atoms with Crippen molar-refractivity contribution < 1.29 is 14.3 Å². The van der Waals surface area contributed by atoms with Crippen LogP contribution in [0.25, 0.3) is 0 Å². The molecule has 0 saturated carbocycles. The van der Waals surface area contributed by atoms with Crippen molar-refractivity contribution in [2.24, 2.45) is 11.7 Å². The molecule has 1 heterocycles. The van der Waals surface area contributed by atoms with Gasteiger partial charge in [0.1, 0.15) is 5.75 Å². The summed E-state index contributed by atoms with van der Waals surface area (Å²) in [4.78, 5) is 15.0. The van der Waals surface area contributed by atoms with Crippen LogP contribution in [-0.4, -0.2) is 44.9 Å². The van der Waals surface area contributed by atoms with Gasteiger partial charge in [-0.2, -0.15) is 0 Å². The molecule has 1 unspecified atom stereocenters. The molecule has 134 valence electrons. The van der Waals surface area contributed by atoms with Gasteiger partial charge in [-0.25, -0.2) is 0 Å². The fourth-order valence-electron chi connectivity index (χ4n) is 3.57. The maximum Gasteiger partial charge on any atom is 0.167 e. The monoisotopic (exact) mass is 343 g/mol. The number of fused-ring (bicyclic) bond motifs is 1. The van der Waals surface area contributed by atoms with E-state index in [-0.39, 0.29) is 11.7 Å². The van der Waals surface area contributed by atoms with E-state index in [1.807, 2.05) is 6.07 Å². The maximum absolute atomic E-state index is 12.7. The molecule has 6 nitrogen and oxygen atoms in total. The number of hydrogen-bond acceptors (Lipinski definition) is 6. The van der Waals surface area contributed by atoms with Crippen LogP contribution in [0.2, 0.25) is 0 Å². The van der Waals surface area contributed by atoms with Gasteiger partial charge >= 0.3 is 0 Å². The Balaban J connectivity index is 1.84. The highest BCUT2D eigenvalue weighted by atomic mass is 16.5. The molecule has 1 aliphatic heterocycles. The first-order valence-electron chi connectivity index (χ1n) is 8.58. The highest BCUT2D eigenvalue weighted by Gasteiger charge is 2.33. The average Bonchev–Trinajstić information content (AvgIpc) is 2.89. The summed E-state index contributed by atoms with van der Waals surface area (Å²) >= 11 is 0. The summed E-state index contributed by atoms with van der Waals surface area (Å²) in [5.74, 6) is 0.625. The Labute approximate surface area is 148 Å². The van der Waals surface area contributed by atoms with Gasteiger partial charge in [-0.15, -0.1) is 0 Å². The van der Waals surface area contributed by atoms with Gasteiger partial charge < -0.3 is 25.5 Å². The van der Waals surface area contributed by atoms with E-state index in [4.69, 9.17) is 20.6 Å². The van der Waals surface area contributed by atoms with Gasteiger partial charge in [0, 0.05) is 36.0 Å². The Hall–Kier alpha value is -2.34. The number of anilines is 1. The van der Waals surface area contributed by atoms with E-state index in [1.54, 1.807) is 20.1 Å². The summed E-state index contributed by atoms with van der Waals surface area (Å²) in [5, 5.41) is 8.01.